The molecule has 0 bridgehead atoms. The molecule has 98 valence electrons. The Morgan fingerprint density at radius 2 is 2.11 bits per heavy atom. The van der Waals surface area contributed by atoms with Gasteiger partial charge in [0.1, 0.15) is 0 Å². The molecule has 1 N–H and O–H groups in total. The van der Waals surface area contributed by atoms with Crippen molar-refractivity contribution in [1.82, 2.24) is 10.3 Å². The summed E-state index contributed by atoms with van der Waals surface area (Å²) in [5.41, 5.74) is 1.27. The largest absolute Gasteiger partial charge is 0.372 e. The van der Waals surface area contributed by atoms with Gasteiger partial charge in [-0.25, -0.2) is 0 Å². The van der Waals surface area contributed by atoms with Crippen LogP contribution in [0.4, 0.5) is 5.69 Å². The highest BCUT2D eigenvalue weighted by atomic mass is 16.5. The summed E-state index contributed by atoms with van der Waals surface area (Å²) in [6.07, 6.45) is 8.10. The van der Waals surface area contributed by atoms with E-state index >= 15 is 0 Å². The minimum Gasteiger partial charge on any atom is -0.372 e. The Morgan fingerprint density at radius 1 is 1.22 bits per heavy atom. The maximum Gasteiger partial charge on any atom is 0.0755 e. The van der Waals surface area contributed by atoms with Crippen molar-refractivity contribution in [2.45, 2.75) is 31.5 Å². The first kappa shape index (κ1) is 11.9. The van der Waals surface area contributed by atoms with Crippen LogP contribution >= 0.6 is 0 Å². The molecule has 2 aliphatic heterocycles. The Bertz CT molecular complexity index is 365. The van der Waals surface area contributed by atoms with Gasteiger partial charge in [0.05, 0.1) is 12.2 Å². The third kappa shape index (κ3) is 2.82. The van der Waals surface area contributed by atoms with Gasteiger partial charge in [-0.3, -0.25) is 4.98 Å². The number of piperidine rings is 1. The molecule has 0 aliphatic carbocycles. The number of rotatable bonds is 3. The summed E-state index contributed by atoms with van der Waals surface area (Å²) in [7, 11) is 0. The van der Waals surface area contributed by atoms with E-state index in [0.717, 1.165) is 32.6 Å². The lowest BCUT2D eigenvalue weighted by Crippen LogP contribution is -2.41. The molecule has 1 aromatic heterocycles. The van der Waals surface area contributed by atoms with Gasteiger partial charge < -0.3 is 15.0 Å². The van der Waals surface area contributed by atoms with E-state index in [0.29, 0.717) is 12.2 Å². The van der Waals surface area contributed by atoms with Crippen molar-refractivity contribution in [3.8, 4) is 0 Å². The Labute approximate surface area is 108 Å². The lowest BCUT2D eigenvalue weighted by atomic mass is 10.1. The van der Waals surface area contributed by atoms with Gasteiger partial charge in [0.15, 0.2) is 0 Å². The Morgan fingerprint density at radius 3 is 2.89 bits per heavy atom. The van der Waals surface area contributed by atoms with E-state index in [4.69, 9.17) is 4.74 Å². The molecule has 2 unspecified atom stereocenters. The predicted octanol–water partition coefficient (Wildman–Crippen LogP) is 1.43. The molecule has 2 fully saturated rings. The SMILES string of the molecule is c1cc(N2CCCC(OC3CCNC3)C2)ccn1. The number of nitrogens with one attached hydrogen (secondary N) is 1. The average Bonchev–Trinajstić information content (AvgIpc) is 2.93. The lowest BCUT2D eigenvalue weighted by Gasteiger charge is -2.35. The molecule has 1 aromatic rings. The average molecular weight is 247 g/mol. The van der Waals surface area contributed by atoms with E-state index in [-0.39, 0.29) is 0 Å². The van der Waals surface area contributed by atoms with E-state index < -0.39 is 0 Å². The molecule has 0 radical (unpaired) electrons. The first-order valence-corrected chi connectivity index (χ1v) is 6.93. The van der Waals surface area contributed by atoms with Gasteiger partial charge >= 0.3 is 0 Å². The summed E-state index contributed by atoms with van der Waals surface area (Å²) in [4.78, 5) is 6.49. The van der Waals surface area contributed by atoms with Crippen LogP contribution in [0.1, 0.15) is 19.3 Å². The Balaban J connectivity index is 1.58. The van der Waals surface area contributed by atoms with Gasteiger partial charge in [0.2, 0.25) is 0 Å². The molecule has 4 heteroatoms. The standard InChI is InChI=1S/C14H21N3O/c1-2-14(18-13-5-8-16-10-13)11-17(9-1)12-3-6-15-7-4-12/h3-4,6-7,13-14,16H,1-2,5,8-11H2. The van der Waals surface area contributed by atoms with Crippen LogP contribution in [0.3, 0.4) is 0 Å². The Kier molecular flexibility index (Phi) is 3.76. The van der Waals surface area contributed by atoms with Crippen molar-refractivity contribution < 1.29 is 4.74 Å². The summed E-state index contributed by atoms with van der Waals surface area (Å²) in [5.74, 6) is 0. The van der Waals surface area contributed by atoms with E-state index in [1.807, 2.05) is 12.4 Å². The molecule has 0 spiro atoms. The van der Waals surface area contributed by atoms with Crippen molar-refractivity contribution in [2.75, 3.05) is 31.1 Å². The van der Waals surface area contributed by atoms with Gasteiger partial charge in [0.25, 0.3) is 0 Å². The number of hydrogen-bond acceptors (Lipinski definition) is 4. The van der Waals surface area contributed by atoms with E-state index in [1.54, 1.807) is 0 Å². The van der Waals surface area contributed by atoms with Gasteiger partial charge in [-0.2, -0.15) is 0 Å². The van der Waals surface area contributed by atoms with Gasteiger partial charge in [0, 0.05) is 37.7 Å². The summed E-state index contributed by atoms with van der Waals surface area (Å²) in [6, 6.07) is 4.17. The van der Waals surface area contributed by atoms with Crippen LogP contribution in [0, 0.1) is 0 Å². The summed E-state index contributed by atoms with van der Waals surface area (Å²) < 4.78 is 6.18. The van der Waals surface area contributed by atoms with Crippen LogP contribution in [-0.2, 0) is 4.74 Å². The van der Waals surface area contributed by atoms with Crippen molar-refractivity contribution in [1.29, 1.82) is 0 Å². The van der Waals surface area contributed by atoms with Crippen LogP contribution < -0.4 is 10.2 Å². The second-order valence-corrected chi connectivity index (χ2v) is 5.17. The van der Waals surface area contributed by atoms with Crippen LogP contribution in [0.25, 0.3) is 0 Å². The number of hydrogen-bond donors (Lipinski definition) is 1. The summed E-state index contributed by atoms with van der Waals surface area (Å²) in [6.45, 7) is 4.27. The molecule has 2 aliphatic rings. The van der Waals surface area contributed by atoms with Crippen molar-refractivity contribution in [2.24, 2.45) is 0 Å². The van der Waals surface area contributed by atoms with Crippen LogP contribution in [0.5, 0.6) is 0 Å². The minimum atomic E-state index is 0.386. The highest BCUT2D eigenvalue weighted by molar-refractivity contribution is 5.45. The maximum absolute atomic E-state index is 6.18. The first-order valence-electron chi connectivity index (χ1n) is 6.93. The third-order valence-electron chi connectivity index (χ3n) is 3.81. The third-order valence-corrected chi connectivity index (χ3v) is 3.81. The van der Waals surface area contributed by atoms with E-state index in [1.165, 1.54) is 18.5 Å². The second-order valence-electron chi connectivity index (χ2n) is 5.17. The predicted molar refractivity (Wildman–Crippen MR) is 71.8 cm³/mol. The normalized spacial score (nSPS) is 28.6. The Hall–Kier alpha value is -1.13. The molecule has 3 rings (SSSR count). The number of anilines is 1. The minimum absolute atomic E-state index is 0.386. The summed E-state index contributed by atoms with van der Waals surface area (Å²) >= 11 is 0. The topological polar surface area (TPSA) is 37.4 Å². The highest BCUT2D eigenvalue weighted by Gasteiger charge is 2.25. The number of aromatic nitrogens is 1. The first-order chi connectivity index (χ1) is 8.92. The van der Waals surface area contributed by atoms with Crippen LogP contribution in [0.2, 0.25) is 0 Å². The van der Waals surface area contributed by atoms with Crippen LogP contribution in [-0.4, -0.2) is 43.4 Å². The van der Waals surface area contributed by atoms with Crippen molar-refractivity contribution in [3.05, 3.63) is 24.5 Å². The quantitative estimate of drug-likeness (QED) is 0.877. The number of pyridine rings is 1. The lowest BCUT2D eigenvalue weighted by molar-refractivity contribution is -0.00743. The molecule has 18 heavy (non-hydrogen) atoms. The van der Waals surface area contributed by atoms with Gasteiger partial charge in [-0.1, -0.05) is 0 Å². The smallest absolute Gasteiger partial charge is 0.0755 e. The molecule has 2 atom stereocenters. The fourth-order valence-corrected chi connectivity index (χ4v) is 2.86. The van der Waals surface area contributed by atoms with Crippen molar-refractivity contribution in [3.63, 3.8) is 0 Å². The highest BCUT2D eigenvalue weighted by Crippen LogP contribution is 2.22. The zero-order valence-corrected chi connectivity index (χ0v) is 10.7. The van der Waals surface area contributed by atoms with E-state index in [2.05, 4.69) is 27.3 Å². The molecular weight excluding hydrogens is 226 g/mol. The summed E-state index contributed by atoms with van der Waals surface area (Å²) in [5, 5.41) is 3.36. The molecular formula is C14H21N3O. The monoisotopic (exact) mass is 247 g/mol. The van der Waals surface area contributed by atoms with Gasteiger partial charge in [-0.05, 0) is 37.9 Å². The van der Waals surface area contributed by atoms with Gasteiger partial charge in [-0.15, -0.1) is 0 Å². The number of ether oxygens (including phenoxy) is 1. The second kappa shape index (κ2) is 5.67. The van der Waals surface area contributed by atoms with Crippen molar-refractivity contribution >= 4 is 5.69 Å². The molecule has 2 saturated heterocycles. The zero-order valence-electron chi connectivity index (χ0n) is 10.7. The number of nitrogens with zero attached hydrogens (tertiary/aromatic N) is 2. The van der Waals surface area contributed by atoms with E-state index in [9.17, 15) is 0 Å². The molecule has 4 nitrogen and oxygen atoms in total. The fraction of sp³-hybridized carbons (Fsp3) is 0.643. The fourth-order valence-electron chi connectivity index (χ4n) is 2.86. The molecule has 0 amide bonds. The molecule has 0 saturated carbocycles. The maximum atomic E-state index is 6.18. The zero-order chi connectivity index (χ0) is 12.2. The molecule has 3 heterocycles. The molecule has 0 aromatic carbocycles. The van der Waals surface area contributed by atoms with Crippen LogP contribution in [0.15, 0.2) is 24.5 Å².